The highest BCUT2D eigenvalue weighted by atomic mass is 16.5. The first kappa shape index (κ1) is 14.6. The van der Waals surface area contributed by atoms with Gasteiger partial charge in [-0.3, -0.25) is 4.79 Å². The molecule has 0 spiro atoms. The van der Waals surface area contributed by atoms with E-state index in [-0.39, 0.29) is 17.8 Å². The maximum atomic E-state index is 12.1. The predicted molar refractivity (Wildman–Crippen MR) is 76.1 cm³/mol. The Morgan fingerprint density at radius 3 is 2.33 bits per heavy atom. The molecular weight excluding hydrogens is 274 g/mol. The second-order valence-electron chi connectivity index (χ2n) is 3.96. The van der Waals surface area contributed by atoms with Crippen molar-refractivity contribution in [3.8, 4) is 17.6 Å². The van der Waals surface area contributed by atoms with Crippen molar-refractivity contribution >= 4 is 11.6 Å². The van der Waals surface area contributed by atoms with Gasteiger partial charge in [0.15, 0.2) is 0 Å². The van der Waals surface area contributed by atoms with E-state index < -0.39 is 0 Å². The van der Waals surface area contributed by atoms with Crippen molar-refractivity contribution in [2.75, 3.05) is 26.6 Å². The Labute approximate surface area is 121 Å². The molecule has 1 N–H and O–H groups in total. The molecule has 0 unspecified atom stereocenters. The van der Waals surface area contributed by atoms with Crippen LogP contribution >= 0.6 is 0 Å². The van der Waals surface area contributed by atoms with Crippen LogP contribution in [0.5, 0.6) is 17.6 Å². The molecule has 0 saturated heterocycles. The Morgan fingerprint density at radius 2 is 1.76 bits per heavy atom. The lowest BCUT2D eigenvalue weighted by Gasteiger charge is -2.09. The van der Waals surface area contributed by atoms with Crippen molar-refractivity contribution in [2.45, 2.75) is 0 Å². The van der Waals surface area contributed by atoms with E-state index in [0.717, 1.165) is 0 Å². The summed E-state index contributed by atoms with van der Waals surface area (Å²) < 4.78 is 15.0. The molecule has 0 aliphatic carbocycles. The number of ether oxygens (including phenoxy) is 3. The quantitative estimate of drug-likeness (QED) is 0.903. The normalized spacial score (nSPS) is 9.86. The molecule has 1 aromatic heterocycles. The van der Waals surface area contributed by atoms with Gasteiger partial charge in [0, 0.05) is 5.56 Å². The molecule has 0 saturated carbocycles. The van der Waals surface area contributed by atoms with Gasteiger partial charge in [0.2, 0.25) is 5.88 Å². The van der Waals surface area contributed by atoms with E-state index in [1.807, 2.05) is 0 Å². The van der Waals surface area contributed by atoms with Gasteiger partial charge >= 0.3 is 6.01 Å². The maximum absolute atomic E-state index is 12.1. The topological polar surface area (TPSA) is 82.6 Å². The molecule has 0 aliphatic rings. The summed E-state index contributed by atoms with van der Waals surface area (Å²) in [6.45, 7) is 0. The number of rotatable bonds is 5. The lowest BCUT2D eigenvalue weighted by atomic mass is 10.2. The summed E-state index contributed by atoms with van der Waals surface area (Å²) in [4.78, 5) is 20.1. The number of hydrogen-bond acceptors (Lipinski definition) is 6. The standard InChI is InChI=1S/C14H15N3O4/c1-19-10-6-4-9(5-7-10)12(18)16-11-8-15-14(21-3)17-13(11)20-2/h4-8H,1-3H3,(H,16,18). The molecule has 1 aromatic carbocycles. The maximum Gasteiger partial charge on any atom is 0.319 e. The smallest absolute Gasteiger partial charge is 0.319 e. The van der Waals surface area contributed by atoms with Crippen molar-refractivity contribution in [1.29, 1.82) is 0 Å². The summed E-state index contributed by atoms with van der Waals surface area (Å²) in [5.74, 6) is 0.602. The Kier molecular flexibility index (Phi) is 4.55. The number of aromatic nitrogens is 2. The van der Waals surface area contributed by atoms with Crippen LogP contribution in [-0.4, -0.2) is 37.2 Å². The lowest BCUT2D eigenvalue weighted by molar-refractivity contribution is 0.102. The summed E-state index contributed by atoms with van der Waals surface area (Å²) >= 11 is 0. The van der Waals surface area contributed by atoms with E-state index in [0.29, 0.717) is 17.0 Å². The third-order valence-electron chi connectivity index (χ3n) is 2.71. The fourth-order valence-corrected chi connectivity index (χ4v) is 1.63. The number of nitrogens with one attached hydrogen (secondary N) is 1. The Balaban J connectivity index is 2.18. The molecule has 7 heteroatoms. The summed E-state index contributed by atoms with van der Waals surface area (Å²) in [5.41, 5.74) is 0.841. The van der Waals surface area contributed by atoms with E-state index in [1.165, 1.54) is 20.4 Å². The first-order valence-corrected chi connectivity index (χ1v) is 6.08. The van der Waals surface area contributed by atoms with E-state index >= 15 is 0 Å². The van der Waals surface area contributed by atoms with Gasteiger partial charge in [-0.2, -0.15) is 4.98 Å². The van der Waals surface area contributed by atoms with E-state index in [2.05, 4.69) is 15.3 Å². The minimum atomic E-state index is -0.301. The molecule has 1 heterocycles. The number of amides is 1. The molecule has 7 nitrogen and oxygen atoms in total. The molecule has 110 valence electrons. The van der Waals surface area contributed by atoms with Gasteiger partial charge < -0.3 is 19.5 Å². The SMILES string of the molecule is COc1ccc(C(=O)Nc2cnc(OC)nc2OC)cc1. The lowest BCUT2D eigenvalue weighted by Crippen LogP contribution is -2.13. The molecule has 0 fully saturated rings. The molecule has 21 heavy (non-hydrogen) atoms. The number of hydrogen-bond donors (Lipinski definition) is 1. The summed E-state index contributed by atoms with van der Waals surface area (Å²) in [7, 11) is 4.46. The van der Waals surface area contributed by atoms with Gasteiger partial charge in [-0.15, -0.1) is 0 Å². The molecular formula is C14H15N3O4. The monoisotopic (exact) mass is 289 g/mol. The minimum Gasteiger partial charge on any atom is -0.497 e. The molecule has 1 amide bonds. The van der Waals surface area contributed by atoms with Gasteiger partial charge in [0.05, 0.1) is 27.5 Å². The predicted octanol–water partition coefficient (Wildman–Crippen LogP) is 1.75. The van der Waals surface area contributed by atoms with E-state index in [4.69, 9.17) is 14.2 Å². The summed E-state index contributed by atoms with van der Waals surface area (Å²) in [6.07, 6.45) is 1.42. The van der Waals surface area contributed by atoms with Crippen LogP contribution in [0.25, 0.3) is 0 Å². The van der Waals surface area contributed by atoms with Gasteiger partial charge in [0.25, 0.3) is 5.91 Å². The first-order valence-electron chi connectivity index (χ1n) is 6.08. The third-order valence-corrected chi connectivity index (χ3v) is 2.71. The highest BCUT2D eigenvalue weighted by Crippen LogP contribution is 2.23. The van der Waals surface area contributed by atoms with Crippen LogP contribution in [0.2, 0.25) is 0 Å². The van der Waals surface area contributed by atoms with Gasteiger partial charge in [-0.1, -0.05) is 0 Å². The van der Waals surface area contributed by atoms with Crippen LogP contribution in [0, 0.1) is 0 Å². The second-order valence-corrected chi connectivity index (χ2v) is 3.96. The average Bonchev–Trinajstić information content (AvgIpc) is 2.55. The number of benzene rings is 1. The van der Waals surface area contributed by atoms with E-state index in [1.54, 1.807) is 31.4 Å². The highest BCUT2D eigenvalue weighted by molar-refractivity contribution is 6.04. The highest BCUT2D eigenvalue weighted by Gasteiger charge is 2.12. The summed E-state index contributed by atoms with van der Waals surface area (Å²) in [5, 5.41) is 2.68. The Bertz CT molecular complexity index is 629. The Hall–Kier alpha value is -2.83. The number of methoxy groups -OCH3 is 3. The molecule has 2 rings (SSSR count). The fraction of sp³-hybridized carbons (Fsp3) is 0.214. The van der Waals surface area contributed by atoms with Crippen molar-refractivity contribution in [1.82, 2.24) is 9.97 Å². The van der Waals surface area contributed by atoms with Crippen LogP contribution < -0.4 is 19.5 Å². The number of anilines is 1. The zero-order chi connectivity index (χ0) is 15.2. The van der Waals surface area contributed by atoms with Crippen LogP contribution in [0.1, 0.15) is 10.4 Å². The minimum absolute atomic E-state index is 0.161. The molecule has 2 aromatic rings. The van der Waals surface area contributed by atoms with Gasteiger partial charge in [0.1, 0.15) is 11.4 Å². The van der Waals surface area contributed by atoms with Crippen molar-refractivity contribution in [2.24, 2.45) is 0 Å². The number of carbonyl (C=O) groups is 1. The number of nitrogens with zero attached hydrogens (tertiary/aromatic N) is 2. The first-order chi connectivity index (χ1) is 10.2. The largest absolute Gasteiger partial charge is 0.497 e. The average molecular weight is 289 g/mol. The van der Waals surface area contributed by atoms with Crippen LogP contribution in [0.4, 0.5) is 5.69 Å². The molecule has 0 aliphatic heterocycles. The molecule has 0 radical (unpaired) electrons. The summed E-state index contributed by atoms with van der Waals surface area (Å²) in [6, 6.07) is 6.89. The van der Waals surface area contributed by atoms with E-state index in [9.17, 15) is 4.79 Å². The third kappa shape index (κ3) is 3.38. The zero-order valence-corrected chi connectivity index (χ0v) is 11.9. The van der Waals surface area contributed by atoms with Gasteiger partial charge in [-0.05, 0) is 24.3 Å². The van der Waals surface area contributed by atoms with Crippen molar-refractivity contribution in [3.63, 3.8) is 0 Å². The van der Waals surface area contributed by atoms with Crippen LogP contribution in [0.3, 0.4) is 0 Å². The Morgan fingerprint density at radius 1 is 1.05 bits per heavy atom. The van der Waals surface area contributed by atoms with Crippen LogP contribution in [-0.2, 0) is 0 Å². The second kappa shape index (κ2) is 6.56. The molecule has 0 bridgehead atoms. The zero-order valence-electron chi connectivity index (χ0n) is 11.9. The van der Waals surface area contributed by atoms with Crippen molar-refractivity contribution < 1.29 is 19.0 Å². The number of carbonyl (C=O) groups excluding carboxylic acids is 1. The van der Waals surface area contributed by atoms with Gasteiger partial charge in [-0.25, -0.2) is 4.98 Å². The van der Waals surface area contributed by atoms with Crippen molar-refractivity contribution in [3.05, 3.63) is 36.0 Å². The van der Waals surface area contributed by atoms with Crippen LogP contribution in [0.15, 0.2) is 30.5 Å². The molecule has 0 atom stereocenters. The fourth-order valence-electron chi connectivity index (χ4n) is 1.63.